The van der Waals surface area contributed by atoms with Crippen molar-refractivity contribution in [3.05, 3.63) is 53.6 Å². The third kappa shape index (κ3) is 4.22. The second-order valence-electron chi connectivity index (χ2n) is 5.84. The van der Waals surface area contributed by atoms with Crippen LogP contribution in [0.2, 0.25) is 0 Å². The number of nitrogens with one attached hydrogen (secondary N) is 1. The van der Waals surface area contributed by atoms with Crippen LogP contribution in [-0.2, 0) is 11.3 Å². The highest BCUT2D eigenvalue weighted by Gasteiger charge is 2.12. The molecule has 1 aliphatic rings. The first kappa shape index (κ1) is 17.1. The van der Waals surface area contributed by atoms with E-state index in [-0.39, 0.29) is 11.7 Å². The van der Waals surface area contributed by atoms with E-state index in [0.29, 0.717) is 17.9 Å². The van der Waals surface area contributed by atoms with Crippen molar-refractivity contribution >= 4 is 11.6 Å². The fourth-order valence-corrected chi connectivity index (χ4v) is 2.78. The van der Waals surface area contributed by atoms with Crippen LogP contribution < -0.4 is 15.0 Å². The monoisotopic (exact) mass is 342 g/mol. The fourth-order valence-electron chi connectivity index (χ4n) is 2.78. The number of phenols is 1. The number of rotatable bonds is 5. The van der Waals surface area contributed by atoms with Crippen molar-refractivity contribution in [2.24, 2.45) is 0 Å². The Kier molecular flexibility index (Phi) is 5.40. The van der Waals surface area contributed by atoms with Gasteiger partial charge in [-0.25, -0.2) is 0 Å². The van der Waals surface area contributed by atoms with Gasteiger partial charge in [-0.2, -0.15) is 0 Å². The lowest BCUT2D eigenvalue weighted by atomic mass is 10.1. The fraction of sp³-hybridized carbons (Fsp3) is 0.316. The van der Waals surface area contributed by atoms with Gasteiger partial charge in [0.15, 0.2) is 11.5 Å². The predicted molar refractivity (Wildman–Crippen MR) is 95.3 cm³/mol. The zero-order valence-corrected chi connectivity index (χ0v) is 14.2. The molecule has 2 aromatic rings. The van der Waals surface area contributed by atoms with Gasteiger partial charge >= 0.3 is 0 Å². The summed E-state index contributed by atoms with van der Waals surface area (Å²) in [7, 11) is 1.50. The van der Waals surface area contributed by atoms with E-state index in [1.54, 1.807) is 18.2 Å². The van der Waals surface area contributed by atoms with E-state index in [2.05, 4.69) is 10.2 Å². The summed E-state index contributed by atoms with van der Waals surface area (Å²) in [6.07, 6.45) is 0. The highest BCUT2D eigenvalue weighted by molar-refractivity contribution is 5.94. The van der Waals surface area contributed by atoms with E-state index in [1.165, 1.54) is 7.11 Å². The van der Waals surface area contributed by atoms with E-state index < -0.39 is 0 Å². The van der Waals surface area contributed by atoms with Crippen LogP contribution in [0.3, 0.4) is 0 Å². The first-order valence-electron chi connectivity index (χ1n) is 8.24. The second-order valence-corrected chi connectivity index (χ2v) is 5.84. The molecular weight excluding hydrogens is 320 g/mol. The Bertz CT molecular complexity index is 725. The maximum Gasteiger partial charge on any atom is 0.251 e. The van der Waals surface area contributed by atoms with Crippen LogP contribution in [0, 0.1) is 0 Å². The van der Waals surface area contributed by atoms with Crippen LogP contribution in [0.5, 0.6) is 11.5 Å². The predicted octanol–water partition coefficient (Wildman–Crippen LogP) is 2.17. The summed E-state index contributed by atoms with van der Waals surface area (Å²) >= 11 is 0. The Labute approximate surface area is 147 Å². The maximum atomic E-state index is 12.3. The first-order valence-corrected chi connectivity index (χ1v) is 8.24. The lowest BCUT2D eigenvalue weighted by molar-refractivity contribution is 0.0950. The average molecular weight is 342 g/mol. The first-order chi connectivity index (χ1) is 12.2. The Morgan fingerprint density at radius 1 is 1.20 bits per heavy atom. The van der Waals surface area contributed by atoms with Gasteiger partial charge in [-0.05, 0) is 42.0 Å². The summed E-state index contributed by atoms with van der Waals surface area (Å²) in [6, 6.07) is 12.6. The van der Waals surface area contributed by atoms with Crippen molar-refractivity contribution in [1.29, 1.82) is 0 Å². The molecule has 25 heavy (non-hydrogen) atoms. The van der Waals surface area contributed by atoms with Crippen LogP contribution in [-0.4, -0.2) is 44.4 Å². The number of nitrogens with zero attached hydrogens (tertiary/aromatic N) is 1. The minimum Gasteiger partial charge on any atom is -0.504 e. The van der Waals surface area contributed by atoms with Crippen molar-refractivity contribution in [2.45, 2.75) is 6.54 Å². The van der Waals surface area contributed by atoms with Crippen LogP contribution >= 0.6 is 0 Å². The molecule has 1 heterocycles. The number of aromatic hydroxyl groups is 1. The molecule has 3 rings (SSSR count). The third-order valence-electron chi connectivity index (χ3n) is 4.20. The highest BCUT2D eigenvalue weighted by Crippen LogP contribution is 2.26. The van der Waals surface area contributed by atoms with Crippen LogP contribution in [0.15, 0.2) is 42.5 Å². The summed E-state index contributed by atoms with van der Waals surface area (Å²) in [5.74, 6) is 0.321. The number of carbonyl (C=O) groups is 1. The summed E-state index contributed by atoms with van der Waals surface area (Å²) < 4.78 is 10.4. The normalized spacial score (nSPS) is 14.2. The molecule has 1 amide bonds. The Balaban J connectivity index is 1.58. The lowest BCUT2D eigenvalue weighted by Crippen LogP contribution is -2.36. The molecule has 0 atom stereocenters. The number of anilines is 1. The quantitative estimate of drug-likeness (QED) is 0.871. The standard InChI is InChI=1S/C19H22N2O4/c1-24-18-7-2-14(12-17(18)22)13-20-19(23)15-3-5-16(6-4-15)21-8-10-25-11-9-21/h2-7,12,22H,8-11,13H2,1H3,(H,20,23). The van der Waals surface area contributed by atoms with Gasteiger partial charge in [0.2, 0.25) is 0 Å². The van der Waals surface area contributed by atoms with Gasteiger partial charge in [0.1, 0.15) is 0 Å². The van der Waals surface area contributed by atoms with Crippen molar-refractivity contribution in [1.82, 2.24) is 5.32 Å². The van der Waals surface area contributed by atoms with Gasteiger partial charge in [-0.1, -0.05) is 6.07 Å². The molecule has 0 aromatic heterocycles. The largest absolute Gasteiger partial charge is 0.504 e. The molecule has 2 aromatic carbocycles. The zero-order valence-electron chi connectivity index (χ0n) is 14.2. The number of hydrogen-bond acceptors (Lipinski definition) is 5. The number of carbonyl (C=O) groups excluding carboxylic acids is 1. The molecule has 6 heteroatoms. The van der Waals surface area contributed by atoms with Crippen molar-refractivity contribution in [2.75, 3.05) is 38.3 Å². The number of phenolic OH excluding ortho intramolecular Hbond substituents is 1. The summed E-state index contributed by atoms with van der Waals surface area (Å²) in [5.41, 5.74) is 2.51. The van der Waals surface area contributed by atoms with Crippen molar-refractivity contribution < 1.29 is 19.4 Å². The minimum atomic E-state index is -0.149. The van der Waals surface area contributed by atoms with E-state index in [4.69, 9.17) is 9.47 Å². The molecule has 1 aliphatic heterocycles. The molecule has 0 saturated carbocycles. The minimum absolute atomic E-state index is 0.0594. The number of amides is 1. The molecule has 0 aliphatic carbocycles. The van der Waals surface area contributed by atoms with Gasteiger partial charge in [0.05, 0.1) is 20.3 Å². The van der Waals surface area contributed by atoms with Crippen LogP contribution in [0.25, 0.3) is 0 Å². The number of ether oxygens (including phenoxy) is 2. The van der Waals surface area contributed by atoms with E-state index in [9.17, 15) is 9.90 Å². The topological polar surface area (TPSA) is 71.0 Å². The molecule has 2 N–H and O–H groups in total. The Morgan fingerprint density at radius 3 is 2.56 bits per heavy atom. The SMILES string of the molecule is COc1ccc(CNC(=O)c2ccc(N3CCOCC3)cc2)cc1O. The number of benzene rings is 2. The zero-order chi connectivity index (χ0) is 17.6. The Hall–Kier alpha value is -2.73. The number of morpholine rings is 1. The van der Waals surface area contributed by atoms with Crippen LogP contribution in [0.1, 0.15) is 15.9 Å². The molecule has 1 fully saturated rings. The molecule has 0 radical (unpaired) electrons. The van der Waals surface area contributed by atoms with Crippen LogP contribution in [0.4, 0.5) is 5.69 Å². The average Bonchev–Trinajstić information content (AvgIpc) is 2.67. The van der Waals surface area contributed by atoms with Gasteiger partial charge in [0.25, 0.3) is 5.91 Å². The third-order valence-corrected chi connectivity index (χ3v) is 4.20. The summed E-state index contributed by atoms with van der Waals surface area (Å²) in [5, 5.41) is 12.6. The smallest absolute Gasteiger partial charge is 0.251 e. The van der Waals surface area contributed by atoms with Gasteiger partial charge in [0, 0.05) is 30.9 Å². The summed E-state index contributed by atoms with van der Waals surface area (Å²) in [6.45, 7) is 3.54. The maximum absolute atomic E-state index is 12.3. The van der Waals surface area contributed by atoms with Crippen molar-refractivity contribution in [3.8, 4) is 11.5 Å². The second kappa shape index (κ2) is 7.90. The molecule has 0 bridgehead atoms. The molecule has 0 spiro atoms. The van der Waals surface area contributed by atoms with Gasteiger partial charge in [-0.3, -0.25) is 4.79 Å². The highest BCUT2D eigenvalue weighted by atomic mass is 16.5. The van der Waals surface area contributed by atoms with Crippen molar-refractivity contribution in [3.63, 3.8) is 0 Å². The molecule has 0 unspecified atom stereocenters. The number of methoxy groups -OCH3 is 1. The van der Waals surface area contributed by atoms with E-state index >= 15 is 0 Å². The lowest BCUT2D eigenvalue weighted by Gasteiger charge is -2.28. The molecule has 1 saturated heterocycles. The molecule has 6 nitrogen and oxygen atoms in total. The van der Waals surface area contributed by atoms with Gasteiger partial charge in [-0.15, -0.1) is 0 Å². The van der Waals surface area contributed by atoms with Gasteiger partial charge < -0.3 is 24.8 Å². The van der Waals surface area contributed by atoms with E-state index in [0.717, 1.165) is 37.6 Å². The van der Waals surface area contributed by atoms with E-state index in [1.807, 2.05) is 24.3 Å². The molecular formula is C19H22N2O4. The number of hydrogen-bond donors (Lipinski definition) is 2. The summed E-state index contributed by atoms with van der Waals surface area (Å²) in [4.78, 5) is 14.5. The molecule has 132 valence electrons. The Morgan fingerprint density at radius 2 is 1.92 bits per heavy atom.